The lowest BCUT2D eigenvalue weighted by molar-refractivity contribution is -0.137. The summed E-state index contributed by atoms with van der Waals surface area (Å²) >= 11 is 7.27. The SMILES string of the molecule is Cc1ccccc1NC1=C(Sc2ccc(Cl)cc2)C(=O)N(CCc2ccccc2)C1=O. The molecule has 2 amide bonds. The van der Waals surface area contributed by atoms with E-state index in [0.29, 0.717) is 28.6 Å². The van der Waals surface area contributed by atoms with Crippen molar-refractivity contribution in [3.8, 4) is 0 Å². The standard InChI is InChI=1S/C25H21ClN2O2S/c1-17-7-5-6-10-21(17)27-22-23(31-20-13-11-19(26)12-14-20)25(30)28(24(22)29)16-15-18-8-3-2-4-9-18/h2-14,27H,15-16H2,1H3. The molecule has 4 rings (SSSR count). The first-order valence-corrected chi connectivity index (χ1v) is 11.1. The van der Waals surface area contributed by atoms with Crippen molar-refractivity contribution in [2.75, 3.05) is 11.9 Å². The smallest absolute Gasteiger partial charge is 0.278 e. The molecule has 156 valence electrons. The van der Waals surface area contributed by atoms with Crippen molar-refractivity contribution in [2.24, 2.45) is 0 Å². The van der Waals surface area contributed by atoms with Crippen LogP contribution < -0.4 is 5.32 Å². The third kappa shape index (κ3) is 4.84. The van der Waals surface area contributed by atoms with Crippen LogP contribution in [0.1, 0.15) is 11.1 Å². The average Bonchev–Trinajstić information content (AvgIpc) is 3.00. The molecule has 3 aromatic rings. The quantitative estimate of drug-likeness (QED) is 0.473. The number of halogens is 1. The van der Waals surface area contributed by atoms with Gasteiger partial charge in [0.2, 0.25) is 0 Å². The number of benzene rings is 3. The van der Waals surface area contributed by atoms with Gasteiger partial charge in [0.05, 0.1) is 0 Å². The van der Waals surface area contributed by atoms with Gasteiger partial charge in [-0.3, -0.25) is 14.5 Å². The maximum Gasteiger partial charge on any atom is 0.278 e. The minimum absolute atomic E-state index is 0.281. The van der Waals surface area contributed by atoms with Crippen LogP contribution in [0.4, 0.5) is 5.69 Å². The summed E-state index contributed by atoms with van der Waals surface area (Å²) in [6.07, 6.45) is 0.606. The molecule has 6 heteroatoms. The summed E-state index contributed by atoms with van der Waals surface area (Å²) in [6, 6.07) is 24.8. The molecule has 0 aromatic heterocycles. The van der Waals surface area contributed by atoms with E-state index in [2.05, 4.69) is 5.32 Å². The minimum Gasteiger partial charge on any atom is -0.350 e. The Morgan fingerprint density at radius 3 is 2.26 bits per heavy atom. The molecule has 0 bridgehead atoms. The summed E-state index contributed by atoms with van der Waals surface area (Å²) < 4.78 is 0. The van der Waals surface area contributed by atoms with Crippen molar-refractivity contribution in [3.05, 3.63) is 106 Å². The van der Waals surface area contributed by atoms with E-state index in [-0.39, 0.29) is 11.8 Å². The molecular formula is C25H21ClN2O2S. The highest BCUT2D eigenvalue weighted by atomic mass is 35.5. The van der Waals surface area contributed by atoms with Crippen molar-refractivity contribution >= 4 is 40.9 Å². The Labute approximate surface area is 190 Å². The molecule has 31 heavy (non-hydrogen) atoms. The lowest BCUT2D eigenvalue weighted by Crippen LogP contribution is -2.34. The van der Waals surface area contributed by atoms with Gasteiger partial charge in [0.15, 0.2) is 0 Å². The van der Waals surface area contributed by atoms with Gasteiger partial charge < -0.3 is 5.32 Å². The van der Waals surface area contributed by atoms with Gasteiger partial charge in [-0.2, -0.15) is 0 Å². The Hall–Kier alpha value is -3.02. The number of imide groups is 1. The van der Waals surface area contributed by atoms with Crippen LogP contribution in [0.5, 0.6) is 0 Å². The molecule has 4 nitrogen and oxygen atoms in total. The molecule has 1 N–H and O–H groups in total. The predicted octanol–water partition coefficient (Wildman–Crippen LogP) is 5.68. The zero-order chi connectivity index (χ0) is 21.8. The van der Waals surface area contributed by atoms with Crippen molar-refractivity contribution in [1.82, 2.24) is 4.90 Å². The Morgan fingerprint density at radius 2 is 1.55 bits per heavy atom. The summed E-state index contributed by atoms with van der Waals surface area (Å²) in [5.41, 5.74) is 3.19. The van der Waals surface area contributed by atoms with Crippen LogP contribution in [0, 0.1) is 6.92 Å². The van der Waals surface area contributed by atoms with E-state index in [9.17, 15) is 9.59 Å². The fraction of sp³-hybridized carbons (Fsp3) is 0.120. The van der Waals surface area contributed by atoms with Crippen LogP contribution in [-0.2, 0) is 16.0 Å². The maximum absolute atomic E-state index is 13.3. The van der Waals surface area contributed by atoms with Gasteiger partial charge in [0.25, 0.3) is 11.8 Å². The topological polar surface area (TPSA) is 49.4 Å². The summed E-state index contributed by atoms with van der Waals surface area (Å²) in [5, 5.41) is 3.84. The number of thioether (sulfide) groups is 1. The van der Waals surface area contributed by atoms with E-state index < -0.39 is 0 Å². The monoisotopic (exact) mass is 448 g/mol. The number of carbonyl (C=O) groups is 2. The van der Waals surface area contributed by atoms with E-state index in [1.807, 2.05) is 73.7 Å². The van der Waals surface area contributed by atoms with Crippen LogP contribution in [0.15, 0.2) is 94.4 Å². The van der Waals surface area contributed by atoms with E-state index in [1.54, 1.807) is 12.1 Å². The lowest BCUT2D eigenvalue weighted by atomic mass is 10.1. The van der Waals surface area contributed by atoms with E-state index >= 15 is 0 Å². The lowest BCUT2D eigenvalue weighted by Gasteiger charge is -2.15. The highest BCUT2D eigenvalue weighted by Gasteiger charge is 2.39. The van der Waals surface area contributed by atoms with Gasteiger partial charge in [0, 0.05) is 22.2 Å². The van der Waals surface area contributed by atoms with E-state index in [0.717, 1.165) is 21.7 Å². The number of aryl methyl sites for hydroxylation is 1. The number of nitrogens with zero attached hydrogens (tertiary/aromatic N) is 1. The molecule has 1 aliphatic heterocycles. The highest BCUT2D eigenvalue weighted by molar-refractivity contribution is 8.04. The zero-order valence-electron chi connectivity index (χ0n) is 17.0. The molecule has 0 unspecified atom stereocenters. The van der Waals surface area contributed by atoms with Gasteiger partial charge >= 0.3 is 0 Å². The molecule has 0 spiro atoms. The van der Waals surface area contributed by atoms with E-state index in [4.69, 9.17) is 11.6 Å². The Balaban J connectivity index is 1.63. The van der Waals surface area contributed by atoms with Crippen LogP contribution in [0.3, 0.4) is 0 Å². The summed E-state index contributed by atoms with van der Waals surface area (Å²) in [4.78, 5) is 29.1. The van der Waals surface area contributed by atoms with E-state index in [1.165, 1.54) is 16.7 Å². The van der Waals surface area contributed by atoms with Crippen LogP contribution in [-0.4, -0.2) is 23.3 Å². The summed E-state index contributed by atoms with van der Waals surface area (Å²) in [7, 11) is 0. The molecule has 0 saturated carbocycles. The third-order valence-electron chi connectivity index (χ3n) is 5.03. The molecule has 0 radical (unpaired) electrons. The van der Waals surface area contributed by atoms with Gasteiger partial charge in [-0.25, -0.2) is 0 Å². The number of amides is 2. The highest BCUT2D eigenvalue weighted by Crippen LogP contribution is 2.36. The van der Waals surface area contributed by atoms with Gasteiger partial charge in [-0.15, -0.1) is 0 Å². The molecule has 0 saturated heterocycles. The van der Waals surface area contributed by atoms with Gasteiger partial charge in [0.1, 0.15) is 10.6 Å². The molecule has 0 aliphatic carbocycles. The van der Waals surface area contributed by atoms with Crippen molar-refractivity contribution in [1.29, 1.82) is 0 Å². The second-order valence-electron chi connectivity index (χ2n) is 7.20. The number of hydrogen-bond donors (Lipinski definition) is 1. The number of nitrogens with one attached hydrogen (secondary N) is 1. The summed E-state index contributed by atoms with van der Waals surface area (Å²) in [5.74, 6) is -0.586. The van der Waals surface area contributed by atoms with Crippen molar-refractivity contribution in [3.63, 3.8) is 0 Å². The van der Waals surface area contributed by atoms with Crippen molar-refractivity contribution in [2.45, 2.75) is 18.2 Å². The fourth-order valence-corrected chi connectivity index (χ4v) is 4.39. The normalized spacial score (nSPS) is 13.8. The largest absolute Gasteiger partial charge is 0.350 e. The van der Waals surface area contributed by atoms with Crippen LogP contribution in [0.2, 0.25) is 5.02 Å². The van der Waals surface area contributed by atoms with Crippen LogP contribution in [0.25, 0.3) is 0 Å². The third-order valence-corrected chi connectivity index (χ3v) is 6.37. The molecule has 3 aromatic carbocycles. The predicted molar refractivity (Wildman–Crippen MR) is 126 cm³/mol. The van der Waals surface area contributed by atoms with Gasteiger partial charge in [-0.05, 0) is 54.8 Å². The Bertz CT molecular complexity index is 1140. The minimum atomic E-state index is -0.305. The molecule has 1 heterocycles. The first kappa shape index (κ1) is 21.2. The zero-order valence-corrected chi connectivity index (χ0v) is 18.5. The molecule has 1 aliphatic rings. The van der Waals surface area contributed by atoms with Crippen LogP contribution >= 0.6 is 23.4 Å². The first-order valence-electron chi connectivity index (χ1n) is 9.93. The Kier molecular flexibility index (Phi) is 6.44. The number of anilines is 1. The average molecular weight is 449 g/mol. The maximum atomic E-state index is 13.3. The fourth-order valence-electron chi connectivity index (χ4n) is 3.32. The number of rotatable bonds is 7. The van der Waals surface area contributed by atoms with Crippen molar-refractivity contribution < 1.29 is 9.59 Å². The number of para-hydroxylation sites is 1. The first-order chi connectivity index (χ1) is 15.0. The number of hydrogen-bond acceptors (Lipinski definition) is 4. The second kappa shape index (κ2) is 9.41. The number of carbonyl (C=O) groups excluding carboxylic acids is 2. The molecule has 0 atom stereocenters. The molecular weight excluding hydrogens is 428 g/mol. The molecule has 0 fully saturated rings. The second-order valence-corrected chi connectivity index (χ2v) is 8.72. The summed E-state index contributed by atoms with van der Waals surface area (Å²) in [6.45, 7) is 2.29. The van der Waals surface area contributed by atoms with Gasteiger partial charge in [-0.1, -0.05) is 71.9 Å². The Morgan fingerprint density at radius 1 is 0.871 bits per heavy atom.